The fraction of sp³-hybridized carbons (Fsp3) is 0. The van der Waals surface area contributed by atoms with E-state index in [9.17, 15) is 0 Å². The van der Waals surface area contributed by atoms with Gasteiger partial charge in [0.15, 0.2) is 0 Å². The summed E-state index contributed by atoms with van der Waals surface area (Å²) in [7, 11) is 39.6. The van der Waals surface area contributed by atoms with Crippen LogP contribution >= 0.6 is 0 Å². The zero-order chi connectivity index (χ0) is 10.6. The van der Waals surface area contributed by atoms with Crippen LogP contribution in [0.5, 0.6) is 0 Å². The summed E-state index contributed by atoms with van der Waals surface area (Å²) >= 11 is 0. The summed E-state index contributed by atoms with van der Waals surface area (Å²) in [6.45, 7) is 0. The summed E-state index contributed by atoms with van der Waals surface area (Å²) in [6, 6.07) is 0. The second-order valence-corrected chi connectivity index (χ2v) is 3.08. The van der Waals surface area contributed by atoms with E-state index in [2.05, 4.69) is 0 Å². The molecule has 0 nitrogen and oxygen atoms in total. The zero-order valence-corrected chi connectivity index (χ0v) is 10.8. The Hall–Kier alpha value is 1.53. The Bertz CT molecular complexity index is 119. The summed E-state index contributed by atoms with van der Waals surface area (Å²) < 4.78 is 0. The van der Waals surface area contributed by atoms with E-state index >= 15 is 0 Å². The number of hydrogen-bond donors (Lipinski definition) is 0. The first-order valence-corrected chi connectivity index (χ1v) is 4.00. The number of hydrogen-bond acceptors (Lipinski definition) is 0. The first kappa shape index (κ1) is 17.9. The standard InChI is InChI=1S/B13.W/c1-9(2)12(7)8-13(10(3)4)11(5)6;. The maximum atomic E-state index is 5.57. The second-order valence-electron chi connectivity index (χ2n) is 3.08. The van der Waals surface area contributed by atoms with Crippen molar-refractivity contribution in [3.63, 3.8) is 0 Å². The van der Waals surface area contributed by atoms with Gasteiger partial charge >= 0.3 is 0 Å². The molecule has 15 radical (unpaired) electrons. The minimum Gasteiger partial charge on any atom is 0 e. The molecule has 0 spiro atoms. The van der Waals surface area contributed by atoms with E-state index in [1.54, 1.807) is 7.06 Å². The van der Waals surface area contributed by atoms with Crippen molar-refractivity contribution in [2.24, 2.45) is 0 Å². The van der Waals surface area contributed by atoms with Crippen molar-refractivity contribution in [1.29, 1.82) is 0 Å². The summed E-state index contributed by atoms with van der Waals surface area (Å²) in [5.74, 6) is 0. The fourth-order valence-corrected chi connectivity index (χ4v) is 0.898. The molecule has 0 aromatic rings. The minimum absolute atomic E-state index is 0. The first-order valence-electron chi connectivity index (χ1n) is 4.00. The van der Waals surface area contributed by atoms with Crippen molar-refractivity contribution in [2.75, 3.05) is 0 Å². The van der Waals surface area contributed by atoms with E-state index in [0.717, 1.165) is 0 Å². The van der Waals surface area contributed by atoms with Gasteiger partial charge in [0.25, 0.3) is 0 Å². The van der Waals surface area contributed by atoms with Gasteiger partial charge in [-0.2, -0.15) is 0 Å². The van der Waals surface area contributed by atoms with Crippen LogP contribution in [0.2, 0.25) is 0 Å². The fourth-order valence-electron chi connectivity index (χ4n) is 0.898. The zero-order valence-electron chi connectivity index (χ0n) is 7.91. The predicted molar refractivity (Wildman–Crippen MR) is 74.8 cm³/mol. The van der Waals surface area contributed by atoms with Crippen LogP contribution in [0.1, 0.15) is 0 Å². The van der Waals surface area contributed by atoms with Gasteiger partial charge < -0.3 is 0 Å². The average Bonchev–Trinajstić information content (AvgIpc) is 1.97. The van der Waals surface area contributed by atoms with Crippen LogP contribution in [0.15, 0.2) is 0 Å². The topological polar surface area (TPSA) is 0 Å². The van der Waals surface area contributed by atoms with Crippen molar-refractivity contribution >= 4 is 93.1 Å². The molecule has 0 saturated carbocycles. The molecule has 0 fully saturated rings. The van der Waals surface area contributed by atoms with Crippen LogP contribution in [0, 0.1) is 0 Å². The van der Waals surface area contributed by atoms with Crippen molar-refractivity contribution in [2.45, 2.75) is 0 Å². The van der Waals surface area contributed by atoms with Gasteiger partial charge in [-0.05, 0) is 0 Å². The third kappa shape index (κ3) is 6.91. The smallest absolute Gasteiger partial charge is 0 e. The molecule has 0 aliphatic rings. The molecule has 45 valence electrons. The molecule has 0 bridgehead atoms. The normalized spacial score (nSPS) is 8.00. The molecule has 0 aliphatic heterocycles. The Morgan fingerprint density at radius 2 is 1.00 bits per heavy atom. The van der Waals surface area contributed by atoms with E-state index in [4.69, 9.17) is 54.2 Å². The van der Waals surface area contributed by atoms with Gasteiger partial charge in [-0.3, -0.25) is 0 Å². The Labute approximate surface area is 114 Å². The Morgan fingerprint density at radius 1 is 0.643 bits per heavy atom. The number of rotatable bonds is 5. The quantitative estimate of drug-likeness (QED) is 0.445. The Kier molecular flexibility index (Phi) is 11.1. The summed E-state index contributed by atoms with van der Waals surface area (Å²) in [5.41, 5.74) is 0. The summed E-state index contributed by atoms with van der Waals surface area (Å²) in [5, 5.41) is 0. The van der Waals surface area contributed by atoms with Crippen LogP contribution in [-0.4, -0.2) is 93.1 Å². The van der Waals surface area contributed by atoms with Crippen LogP contribution in [0.4, 0.5) is 0 Å². The van der Waals surface area contributed by atoms with E-state index in [0.29, 0.717) is 0 Å². The molecule has 0 aromatic carbocycles. The van der Waals surface area contributed by atoms with Gasteiger partial charge in [0.05, 0.1) is 0 Å². The van der Waals surface area contributed by atoms with E-state index in [-0.39, 0.29) is 21.1 Å². The predicted octanol–water partition coefficient (Wildman–Crippen LogP) is -4.95. The molecule has 0 atom stereocenters. The van der Waals surface area contributed by atoms with Crippen molar-refractivity contribution in [1.82, 2.24) is 0 Å². The summed E-state index contributed by atoms with van der Waals surface area (Å²) in [4.78, 5) is 0. The third-order valence-electron chi connectivity index (χ3n) is 1.78. The minimum atomic E-state index is -0.667. The molecule has 0 aliphatic carbocycles. The molecule has 0 rings (SSSR count). The molecular formula is B13W. The van der Waals surface area contributed by atoms with E-state index in [1.165, 1.54) is 0 Å². The monoisotopic (exact) mass is 327 g/mol. The summed E-state index contributed by atoms with van der Waals surface area (Å²) in [6.07, 6.45) is -2.91. The molecule has 0 amide bonds. The van der Waals surface area contributed by atoms with Gasteiger partial charge in [0.2, 0.25) is 0 Å². The van der Waals surface area contributed by atoms with Crippen LogP contribution in [-0.2, 0) is 21.1 Å². The van der Waals surface area contributed by atoms with Crippen LogP contribution in [0.25, 0.3) is 0 Å². The second kappa shape index (κ2) is 8.66. The molecule has 0 N–H and O–H groups in total. The molecule has 0 unspecified atom stereocenters. The first-order chi connectivity index (χ1) is 5.86. The van der Waals surface area contributed by atoms with Gasteiger partial charge in [-0.1, -0.05) is 0 Å². The Morgan fingerprint density at radius 3 is 1.21 bits per heavy atom. The molecule has 0 heterocycles. The molecule has 14 heteroatoms. The third-order valence-corrected chi connectivity index (χ3v) is 1.78. The Balaban J connectivity index is 0. The van der Waals surface area contributed by atoms with Gasteiger partial charge in [-0.25, -0.2) is 0 Å². The molecular weight excluding hydrogens is 324 g/mol. The van der Waals surface area contributed by atoms with Crippen LogP contribution < -0.4 is 0 Å². The van der Waals surface area contributed by atoms with E-state index in [1.807, 2.05) is 0 Å². The van der Waals surface area contributed by atoms with E-state index < -0.39 is 31.9 Å². The SMILES string of the molecule is [B]B([B])B([B])[B]B(B([B])[B])B([B])[B].[W]. The maximum Gasteiger partial charge on any atom is 0 e. The van der Waals surface area contributed by atoms with Crippen molar-refractivity contribution in [3.05, 3.63) is 0 Å². The van der Waals surface area contributed by atoms with Crippen molar-refractivity contribution < 1.29 is 21.1 Å². The maximum absolute atomic E-state index is 5.57. The largest absolute Gasteiger partial charge is 0 e. The average molecular weight is 324 g/mol. The van der Waals surface area contributed by atoms with Gasteiger partial charge in [-0.15, -0.1) is 0 Å². The van der Waals surface area contributed by atoms with Gasteiger partial charge in [0.1, 0.15) is 0 Å². The van der Waals surface area contributed by atoms with Crippen LogP contribution in [0.3, 0.4) is 0 Å². The van der Waals surface area contributed by atoms with Gasteiger partial charge in [0, 0.05) is 114 Å². The molecule has 14 heavy (non-hydrogen) atoms. The van der Waals surface area contributed by atoms with Crippen molar-refractivity contribution in [3.8, 4) is 0 Å². The molecule has 0 saturated heterocycles. The molecule has 0 aromatic heterocycles.